The summed E-state index contributed by atoms with van der Waals surface area (Å²) in [5.74, 6) is 0. The van der Waals surface area contributed by atoms with Gasteiger partial charge in [0.1, 0.15) is 0 Å². The summed E-state index contributed by atoms with van der Waals surface area (Å²) in [6, 6.07) is 4.04. The first-order valence-electron chi connectivity index (χ1n) is 6.85. The maximum Gasteiger partial charge on any atom is 0.0832 e. The number of aryl methyl sites for hydroxylation is 1. The second kappa shape index (κ2) is 5.53. The molecule has 102 valence electrons. The minimum Gasteiger partial charge on any atom is -0.323 e. The molecule has 0 saturated carbocycles. The molecule has 0 aliphatic rings. The van der Waals surface area contributed by atoms with Crippen LogP contribution in [0, 0.1) is 13.8 Å². The Bertz CT molecular complexity index is 554. The number of hydrogen-bond donors (Lipinski definition) is 1. The molecule has 4 nitrogen and oxygen atoms in total. The van der Waals surface area contributed by atoms with Crippen molar-refractivity contribution >= 4 is 0 Å². The fraction of sp³-hybridized carbons (Fsp3) is 0.467. The molecule has 0 saturated heterocycles. The molecule has 0 aliphatic heterocycles. The third kappa shape index (κ3) is 2.54. The summed E-state index contributed by atoms with van der Waals surface area (Å²) in [6.07, 6.45) is 3.75. The van der Waals surface area contributed by atoms with Gasteiger partial charge in [-0.25, -0.2) is 4.68 Å². The van der Waals surface area contributed by atoms with Crippen LogP contribution >= 0.6 is 0 Å². The van der Waals surface area contributed by atoms with Gasteiger partial charge in [0.2, 0.25) is 0 Å². The van der Waals surface area contributed by atoms with Gasteiger partial charge < -0.3 is 5.73 Å². The predicted octanol–water partition coefficient (Wildman–Crippen LogP) is 2.86. The van der Waals surface area contributed by atoms with Crippen LogP contribution in [0.25, 0.3) is 5.69 Å². The predicted molar refractivity (Wildman–Crippen MR) is 77.4 cm³/mol. The Morgan fingerprint density at radius 1 is 1.26 bits per heavy atom. The molecule has 0 aliphatic carbocycles. The first-order chi connectivity index (χ1) is 9.08. The highest BCUT2D eigenvalue weighted by molar-refractivity contribution is 5.36. The van der Waals surface area contributed by atoms with Crippen LogP contribution in [0.4, 0.5) is 0 Å². The quantitative estimate of drug-likeness (QED) is 0.917. The molecule has 2 rings (SSSR count). The lowest BCUT2D eigenvalue weighted by molar-refractivity contribution is 0.673. The number of hydrogen-bond acceptors (Lipinski definition) is 3. The highest BCUT2D eigenvalue weighted by Crippen LogP contribution is 2.19. The second-order valence-corrected chi connectivity index (χ2v) is 4.87. The van der Waals surface area contributed by atoms with E-state index in [1.54, 1.807) is 0 Å². The van der Waals surface area contributed by atoms with Crippen molar-refractivity contribution in [2.75, 3.05) is 0 Å². The molecule has 0 amide bonds. The van der Waals surface area contributed by atoms with Gasteiger partial charge in [-0.3, -0.25) is 4.98 Å². The number of nitrogens with zero attached hydrogens (tertiary/aromatic N) is 3. The Labute approximate surface area is 114 Å². The van der Waals surface area contributed by atoms with Crippen molar-refractivity contribution in [2.24, 2.45) is 5.73 Å². The highest BCUT2D eigenvalue weighted by atomic mass is 15.3. The largest absolute Gasteiger partial charge is 0.323 e. The van der Waals surface area contributed by atoms with Gasteiger partial charge in [-0.15, -0.1) is 0 Å². The van der Waals surface area contributed by atoms with Crippen molar-refractivity contribution in [2.45, 2.75) is 46.6 Å². The summed E-state index contributed by atoms with van der Waals surface area (Å²) in [6.45, 7) is 8.37. The molecular formula is C15H22N4. The van der Waals surface area contributed by atoms with Crippen molar-refractivity contribution in [1.29, 1.82) is 0 Å². The molecule has 19 heavy (non-hydrogen) atoms. The van der Waals surface area contributed by atoms with E-state index in [0.717, 1.165) is 29.9 Å². The van der Waals surface area contributed by atoms with Crippen LogP contribution in [0.15, 0.2) is 18.3 Å². The fourth-order valence-electron chi connectivity index (χ4n) is 2.39. The summed E-state index contributed by atoms with van der Waals surface area (Å²) >= 11 is 0. The summed E-state index contributed by atoms with van der Waals surface area (Å²) in [4.78, 5) is 4.45. The van der Waals surface area contributed by atoms with Crippen LogP contribution in [-0.4, -0.2) is 14.8 Å². The van der Waals surface area contributed by atoms with E-state index >= 15 is 0 Å². The average molecular weight is 258 g/mol. The smallest absolute Gasteiger partial charge is 0.0832 e. The summed E-state index contributed by atoms with van der Waals surface area (Å²) in [7, 11) is 0. The lowest BCUT2D eigenvalue weighted by Crippen LogP contribution is -2.11. The minimum absolute atomic E-state index is 0.0145. The lowest BCUT2D eigenvalue weighted by atomic mass is 10.1. The van der Waals surface area contributed by atoms with Crippen LogP contribution < -0.4 is 5.73 Å². The standard InChI is InChI=1S/C15H22N4/c1-5-13-10(3)18-19(11(13)4)12-7-8-15(17-9-12)14(16)6-2/h7-9,14H,5-6,16H2,1-4H3. The van der Waals surface area contributed by atoms with Crippen molar-refractivity contribution in [3.05, 3.63) is 41.0 Å². The van der Waals surface area contributed by atoms with Gasteiger partial charge in [0, 0.05) is 11.7 Å². The van der Waals surface area contributed by atoms with Crippen LogP contribution in [0.1, 0.15) is 49.0 Å². The molecule has 4 heteroatoms. The van der Waals surface area contributed by atoms with Gasteiger partial charge in [0.25, 0.3) is 0 Å². The minimum atomic E-state index is 0.0145. The summed E-state index contributed by atoms with van der Waals surface area (Å²) in [5, 5.41) is 4.59. The van der Waals surface area contributed by atoms with Gasteiger partial charge in [-0.2, -0.15) is 5.10 Å². The second-order valence-electron chi connectivity index (χ2n) is 4.87. The monoisotopic (exact) mass is 258 g/mol. The van der Waals surface area contributed by atoms with E-state index in [4.69, 9.17) is 5.73 Å². The van der Waals surface area contributed by atoms with Crippen molar-refractivity contribution in [3.8, 4) is 5.69 Å². The highest BCUT2D eigenvalue weighted by Gasteiger charge is 2.12. The van der Waals surface area contributed by atoms with Gasteiger partial charge in [-0.1, -0.05) is 13.8 Å². The topological polar surface area (TPSA) is 56.7 Å². The Morgan fingerprint density at radius 2 is 2.00 bits per heavy atom. The first kappa shape index (κ1) is 13.7. The SMILES string of the molecule is CCc1c(C)nn(-c2ccc(C(N)CC)nc2)c1C. The summed E-state index contributed by atoms with van der Waals surface area (Å²) in [5.41, 5.74) is 11.5. The Morgan fingerprint density at radius 3 is 2.47 bits per heavy atom. The maximum absolute atomic E-state index is 5.98. The van der Waals surface area contributed by atoms with Crippen LogP contribution in [-0.2, 0) is 6.42 Å². The zero-order valence-corrected chi connectivity index (χ0v) is 12.1. The molecule has 1 atom stereocenters. The Balaban J connectivity index is 2.37. The number of aromatic nitrogens is 3. The Hall–Kier alpha value is -1.68. The molecule has 0 bridgehead atoms. The van der Waals surface area contributed by atoms with E-state index in [1.807, 2.05) is 23.0 Å². The molecule has 2 aromatic heterocycles. The molecule has 0 radical (unpaired) electrons. The third-order valence-electron chi connectivity index (χ3n) is 3.63. The molecular weight excluding hydrogens is 236 g/mol. The zero-order valence-electron chi connectivity index (χ0n) is 12.1. The van der Waals surface area contributed by atoms with Crippen molar-refractivity contribution < 1.29 is 0 Å². The Kier molecular flexibility index (Phi) is 4.00. The number of rotatable bonds is 4. The average Bonchev–Trinajstić information content (AvgIpc) is 2.72. The zero-order chi connectivity index (χ0) is 14.0. The van der Waals surface area contributed by atoms with Crippen molar-refractivity contribution in [1.82, 2.24) is 14.8 Å². The van der Waals surface area contributed by atoms with E-state index in [0.29, 0.717) is 0 Å². The lowest BCUT2D eigenvalue weighted by Gasteiger charge is -2.09. The van der Waals surface area contributed by atoms with Crippen molar-refractivity contribution in [3.63, 3.8) is 0 Å². The van der Waals surface area contributed by atoms with Gasteiger partial charge >= 0.3 is 0 Å². The van der Waals surface area contributed by atoms with E-state index < -0.39 is 0 Å². The fourth-order valence-corrected chi connectivity index (χ4v) is 2.39. The molecule has 2 heterocycles. The van der Waals surface area contributed by atoms with Gasteiger partial charge in [-0.05, 0) is 44.4 Å². The maximum atomic E-state index is 5.98. The molecule has 0 fully saturated rings. The number of pyridine rings is 1. The first-order valence-corrected chi connectivity index (χ1v) is 6.85. The number of nitrogens with two attached hydrogens (primary N) is 1. The van der Waals surface area contributed by atoms with Gasteiger partial charge in [0.15, 0.2) is 0 Å². The molecule has 1 unspecified atom stereocenters. The normalized spacial score (nSPS) is 12.7. The van der Waals surface area contributed by atoms with Crippen LogP contribution in [0.5, 0.6) is 0 Å². The van der Waals surface area contributed by atoms with E-state index in [2.05, 4.69) is 37.8 Å². The van der Waals surface area contributed by atoms with Crippen LogP contribution in [0.3, 0.4) is 0 Å². The molecule has 0 spiro atoms. The summed E-state index contributed by atoms with van der Waals surface area (Å²) < 4.78 is 1.96. The third-order valence-corrected chi connectivity index (χ3v) is 3.63. The van der Waals surface area contributed by atoms with Crippen LogP contribution in [0.2, 0.25) is 0 Å². The molecule has 2 aromatic rings. The molecule has 2 N–H and O–H groups in total. The van der Waals surface area contributed by atoms with E-state index in [9.17, 15) is 0 Å². The molecule has 0 aromatic carbocycles. The van der Waals surface area contributed by atoms with Gasteiger partial charge in [0.05, 0.1) is 23.3 Å². The van der Waals surface area contributed by atoms with E-state index in [1.165, 1.54) is 11.3 Å². The van der Waals surface area contributed by atoms with E-state index in [-0.39, 0.29) is 6.04 Å².